The first-order valence-corrected chi connectivity index (χ1v) is 7.29. The second-order valence-corrected chi connectivity index (χ2v) is 5.57. The van der Waals surface area contributed by atoms with Crippen LogP contribution in [0.1, 0.15) is 24.8 Å². The van der Waals surface area contributed by atoms with Crippen LogP contribution in [0.3, 0.4) is 0 Å². The lowest BCUT2D eigenvalue weighted by molar-refractivity contribution is -0.0243. The number of aromatic nitrogens is 2. The van der Waals surface area contributed by atoms with Gasteiger partial charge in [0.05, 0.1) is 12.7 Å². The summed E-state index contributed by atoms with van der Waals surface area (Å²) in [5, 5.41) is 0. The summed E-state index contributed by atoms with van der Waals surface area (Å²) >= 11 is 0. The van der Waals surface area contributed by atoms with Gasteiger partial charge in [-0.2, -0.15) is 4.98 Å². The number of aryl methyl sites for hydroxylation is 1. The maximum Gasteiger partial charge on any atom is 0.469 e. The topological polar surface area (TPSA) is 111 Å². The maximum atomic E-state index is 11.7. The molecule has 0 spiro atoms. The van der Waals surface area contributed by atoms with Crippen LogP contribution >= 0.6 is 7.82 Å². The van der Waals surface area contributed by atoms with Crippen LogP contribution in [0.25, 0.3) is 0 Å². The fraction of sp³-hybridized carbons (Fsp3) is 0.600. The van der Waals surface area contributed by atoms with E-state index in [0.29, 0.717) is 18.5 Å². The Labute approximate surface area is 109 Å². The number of phosphoric ester groups is 1. The summed E-state index contributed by atoms with van der Waals surface area (Å²) in [6, 6.07) is 1.70. The monoisotopic (exact) mass is 290 g/mol. The summed E-state index contributed by atoms with van der Waals surface area (Å²) in [6.45, 7) is 1.52. The predicted molar refractivity (Wildman–Crippen MR) is 64.4 cm³/mol. The van der Waals surface area contributed by atoms with Gasteiger partial charge in [0.2, 0.25) is 0 Å². The zero-order valence-corrected chi connectivity index (χ0v) is 11.2. The van der Waals surface area contributed by atoms with E-state index >= 15 is 0 Å². The Morgan fingerprint density at radius 3 is 2.95 bits per heavy atom. The van der Waals surface area contributed by atoms with E-state index in [2.05, 4.69) is 9.51 Å². The Morgan fingerprint density at radius 2 is 2.32 bits per heavy atom. The van der Waals surface area contributed by atoms with Crippen LogP contribution in [0.4, 0.5) is 0 Å². The minimum absolute atomic E-state index is 0.200. The third-order valence-electron chi connectivity index (χ3n) is 2.79. The van der Waals surface area contributed by atoms with Gasteiger partial charge in [0.1, 0.15) is 6.23 Å². The molecule has 1 aromatic heterocycles. The molecule has 2 rings (SSSR count). The van der Waals surface area contributed by atoms with Crippen molar-refractivity contribution in [3.63, 3.8) is 0 Å². The van der Waals surface area contributed by atoms with Crippen LogP contribution < -0.4 is 5.69 Å². The highest BCUT2D eigenvalue weighted by Gasteiger charge is 2.29. The molecule has 2 unspecified atom stereocenters. The SMILES string of the molecule is Cc1ccn(C2CCC(COP(=O)(O)O)O2)c(=O)n1. The minimum atomic E-state index is -4.49. The summed E-state index contributed by atoms with van der Waals surface area (Å²) in [5.74, 6) is 0. The van der Waals surface area contributed by atoms with Gasteiger partial charge in [-0.3, -0.25) is 9.09 Å². The van der Waals surface area contributed by atoms with Gasteiger partial charge in [0.25, 0.3) is 0 Å². The molecule has 0 aromatic carbocycles. The Hall–Kier alpha value is -1.05. The standard InChI is InChI=1S/C10H15N2O6P/c1-7-4-5-12(10(13)11-7)9-3-2-8(18-9)6-17-19(14,15)16/h4-5,8-9H,2-3,6H2,1H3,(H2,14,15,16). The van der Waals surface area contributed by atoms with E-state index in [0.717, 1.165) is 0 Å². The van der Waals surface area contributed by atoms with Gasteiger partial charge in [-0.15, -0.1) is 0 Å². The third-order valence-corrected chi connectivity index (χ3v) is 3.28. The van der Waals surface area contributed by atoms with Crippen molar-refractivity contribution in [2.45, 2.75) is 32.1 Å². The van der Waals surface area contributed by atoms with Crippen molar-refractivity contribution in [3.8, 4) is 0 Å². The minimum Gasteiger partial charge on any atom is -0.352 e. The number of hydrogen-bond donors (Lipinski definition) is 2. The lowest BCUT2D eigenvalue weighted by Crippen LogP contribution is -2.27. The van der Waals surface area contributed by atoms with Crippen LogP contribution in [0.5, 0.6) is 0 Å². The molecule has 19 heavy (non-hydrogen) atoms. The molecule has 2 heterocycles. The van der Waals surface area contributed by atoms with E-state index in [1.807, 2.05) is 0 Å². The van der Waals surface area contributed by atoms with Gasteiger partial charge < -0.3 is 14.5 Å². The Balaban J connectivity index is 1.98. The molecule has 0 saturated carbocycles. The first-order chi connectivity index (χ1) is 8.85. The molecule has 1 aliphatic rings. The number of ether oxygens (including phenoxy) is 1. The summed E-state index contributed by atoms with van der Waals surface area (Å²) in [6.07, 6.45) is 1.82. The van der Waals surface area contributed by atoms with Gasteiger partial charge in [0, 0.05) is 11.9 Å². The second kappa shape index (κ2) is 5.52. The smallest absolute Gasteiger partial charge is 0.352 e. The summed E-state index contributed by atoms with van der Waals surface area (Å²) < 4.78 is 21.9. The number of hydrogen-bond acceptors (Lipinski definition) is 5. The summed E-state index contributed by atoms with van der Waals surface area (Å²) in [5.41, 5.74) is 0.224. The molecule has 2 atom stereocenters. The molecule has 2 N–H and O–H groups in total. The zero-order chi connectivity index (χ0) is 14.0. The van der Waals surface area contributed by atoms with E-state index in [4.69, 9.17) is 14.5 Å². The first-order valence-electron chi connectivity index (χ1n) is 5.76. The van der Waals surface area contributed by atoms with Crippen molar-refractivity contribution in [3.05, 3.63) is 28.4 Å². The van der Waals surface area contributed by atoms with Crippen molar-refractivity contribution in [2.75, 3.05) is 6.61 Å². The lowest BCUT2D eigenvalue weighted by atomic mass is 10.2. The molecule has 1 aromatic rings. The molecule has 0 amide bonds. The van der Waals surface area contributed by atoms with Gasteiger partial charge >= 0.3 is 13.5 Å². The average Bonchev–Trinajstić information content (AvgIpc) is 2.74. The molecule has 1 aliphatic heterocycles. The molecule has 106 valence electrons. The Bertz CT molecular complexity index is 553. The third kappa shape index (κ3) is 3.95. The predicted octanol–water partition coefficient (Wildman–Crippen LogP) is 0.339. The molecular formula is C10H15N2O6P. The van der Waals surface area contributed by atoms with Crippen molar-refractivity contribution in [2.24, 2.45) is 0 Å². The molecule has 9 heteroatoms. The summed E-state index contributed by atoms with van der Waals surface area (Å²) in [7, 11) is -4.49. The molecule has 0 radical (unpaired) electrons. The van der Waals surface area contributed by atoms with Crippen molar-refractivity contribution in [1.29, 1.82) is 0 Å². The lowest BCUT2D eigenvalue weighted by Gasteiger charge is -2.15. The highest BCUT2D eigenvalue weighted by molar-refractivity contribution is 7.46. The molecule has 0 aliphatic carbocycles. The van der Waals surface area contributed by atoms with Crippen molar-refractivity contribution >= 4 is 7.82 Å². The van der Waals surface area contributed by atoms with Gasteiger partial charge in [-0.25, -0.2) is 9.36 Å². The highest BCUT2D eigenvalue weighted by Crippen LogP contribution is 2.37. The van der Waals surface area contributed by atoms with E-state index in [-0.39, 0.29) is 6.61 Å². The fourth-order valence-corrected chi connectivity index (χ4v) is 2.27. The number of rotatable bonds is 4. The van der Waals surface area contributed by atoms with Crippen molar-refractivity contribution < 1.29 is 23.6 Å². The van der Waals surface area contributed by atoms with Gasteiger partial charge in [-0.05, 0) is 25.8 Å². The van der Waals surface area contributed by atoms with Crippen LogP contribution in [-0.2, 0) is 13.8 Å². The second-order valence-electron chi connectivity index (χ2n) is 4.34. The molecule has 1 fully saturated rings. The van der Waals surface area contributed by atoms with E-state index in [1.54, 1.807) is 19.2 Å². The van der Waals surface area contributed by atoms with E-state index in [1.165, 1.54) is 4.57 Å². The largest absolute Gasteiger partial charge is 0.469 e. The molecule has 8 nitrogen and oxygen atoms in total. The van der Waals surface area contributed by atoms with Gasteiger partial charge in [0.15, 0.2) is 0 Å². The first kappa shape index (κ1) is 14.4. The Kier molecular flexibility index (Phi) is 4.17. The quantitative estimate of drug-likeness (QED) is 0.769. The normalized spacial score (nSPS) is 23.7. The summed E-state index contributed by atoms with van der Waals surface area (Å²) in [4.78, 5) is 32.7. The van der Waals surface area contributed by atoms with Crippen molar-refractivity contribution in [1.82, 2.24) is 9.55 Å². The molecule has 0 bridgehead atoms. The van der Waals surface area contributed by atoms with E-state index in [9.17, 15) is 9.36 Å². The Morgan fingerprint density at radius 1 is 1.58 bits per heavy atom. The van der Waals surface area contributed by atoms with Crippen LogP contribution in [0.15, 0.2) is 17.1 Å². The fourth-order valence-electron chi connectivity index (χ4n) is 1.91. The highest BCUT2D eigenvalue weighted by atomic mass is 31.2. The van der Waals surface area contributed by atoms with Crippen LogP contribution in [0, 0.1) is 6.92 Å². The van der Waals surface area contributed by atoms with Crippen LogP contribution in [0.2, 0.25) is 0 Å². The number of nitrogens with zero attached hydrogens (tertiary/aromatic N) is 2. The van der Waals surface area contributed by atoms with Gasteiger partial charge in [-0.1, -0.05) is 0 Å². The zero-order valence-electron chi connectivity index (χ0n) is 10.3. The van der Waals surface area contributed by atoms with E-state index < -0.39 is 25.8 Å². The maximum absolute atomic E-state index is 11.7. The number of phosphoric acid groups is 1. The molecule has 1 saturated heterocycles. The average molecular weight is 290 g/mol. The van der Waals surface area contributed by atoms with Crippen LogP contribution in [-0.4, -0.2) is 32.0 Å². The molecular weight excluding hydrogens is 275 g/mol.